The fourth-order valence-corrected chi connectivity index (χ4v) is 3.76. The molecule has 6 heteroatoms. The fourth-order valence-electron chi connectivity index (χ4n) is 3.76. The maximum Gasteiger partial charge on any atom is 0.222 e. The van der Waals surface area contributed by atoms with Crippen LogP contribution < -0.4 is 4.74 Å². The van der Waals surface area contributed by atoms with E-state index >= 15 is 0 Å². The zero-order valence-corrected chi connectivity index (χ0v) is 18.9. The van der Waals surface area contributed by atoms with Gasteiger partial charge in [-0.15, -0.1) is 6.58 Å². The number of allylic oxidation sites excluding steroid dienone is 1. The Hall–Kier alpha value is -2.96. The molecule has 1 aromatic heterocycles. The summed E-state index contributed by atoms with van der Waals surface area (Å²) in [4.78, 5) is 2.20. The highest BCUT2D eigenvalue weighted by Gasteiger charge is 2.23. The average Bonchev–Trinajstić information content (AvgIpc) is 3.09. The Kier molecular flexibility index (Phi) is 8.59. The molecule has 5 nitrogen and oxygen atoms in total. The number of benzene rings is 2. The van der Waals surface area contributed by atoms with E-state index in [4.69, 9.17) is 9.84 Å². The van der Waals surface area contributed by atoms with Crippen LogP contribution >= 0.6 is 0 Å². The van der Waals surface area contributed by atoms with E-state index in [-0.39, 0.29) is 5.75 Å². The van der Waals surface area contributed by atoms with Gasteiger partial charge in [0.15, 0.2) is 11.6 Å². The third kappa shape index (κ3) is 6.05. The molecule has 0 saturated heterocycles. The molecular weight excluding hydrogens is 405 g/mol. The molecule has 0 unspecified atom stereocenters. The van der Waals surface area contributed by atoms with Crippen LogP contribution in [0.1, 0.15) is 31.7 Å². The predicted molar refractivity (Wildman–Crippen MR) is 126 cm³/mol. The molecule has 170 valence electrons. The summed E-state index contributed by atoms with van der Waals surface area (Å²) in [6.45, 7) is 7.73. The lowest BCUT2D eigenvalue weighted by Gasteiger charge is -2.25. The molecule has 0 radical (unpaired) electrons. The van der Waals surface area contributed by atoms with Crippen molar-refractivity contribution < 1.29 is 14.2 Å². The van der Waals surface area contributed by atoms with Gasteiger partial charge in [0, 0.05) is 25.7 Å². The summed E-state index contributed by atoms with van der Waals surface area (Å²) in [5, 5.41) is 15.2. The number of hydrogen-bond acceptors (Lipinski definition) is 4. The molecular formula is C26H32FN3O2. The van der Waals surface area contributed by atoms with E-state index in [1.54, 1.807) is 29.9 Å². The quantitative estimate of drug-likeness (QED) is 0.377. The van der Waals surface area contributed by atoms with Crippen LogP contribution in [0, 0.1) is 5.82 Å². The van der Waals surface area contributed by atoms with Gasteiger partial charge in [0.05, 0.1) is 11.7 Å². The van der Waals surface area contributed by atoms with E-state index in [1.165, 1.54) is 6.07 Å². The Morgan fingerprint density at radius 3 is 2.59 bits per heavy atom. The van der Waals surface area contributed by atoms with Gasteiger partial charge < -0.3 is 9.84 Å². The van der Waals surface area contributed by atoms with Crippen LogP contribution in [0.15, 0.2) is 67.3 Å². The maximum atomic E-state index is 14.3. The summed E-state index contributed by atoms with van der Waals surface area (Å²) < 4.78 is 22.0. The highest BCUT2D eigenvalue weighted by atomic mass is 19.1. The molecule has 1 heterocycles. The van der Waals surface area contributed by atoms with Crippen molar-refractivity contribution in [2.45, 2.75) is 38.8 Å². The fraction of sp³-hybridized carbons (Fsp3) is 0.346. The zero-order chi connectivity index (χ0) is 22.9. The van der Waals surface area contributed by atoms with Crippen LogP contribution in [-0.4, -0.2) is 39.0 Å². The van der Waals surface area contributed by atoms with Gasteiger partial charge in [-0.25, -0.2) is 9.07 Å². The highest BCUT2D eigenvalue weighted by molar-refractivity contribution is 5.65. The van der Waals surface area contributed by atoms with Crippen molar-refractivity contribution in [2.24, 2.45) is 7.05 Å². The average molecular weight is 438 g/mol. The van der Waals surface area contributed by atoms with Crippen LogP contribution in [0.5, 0.6) is 11.6 Å². The standard InChI is InChI=1S/C26H32FN3O2/c1-4-6-14-21(31)18-30(17-5-2)19-22-25(20-12-8-7-9-13-20)28-29(3)26(22)32-24-16-11-10-15-23(24)27/h4,7-13,15-16,21,31H,1,5-6,14,17-19H2,2-3H3/t21-/m0/s1. The lowest BCUT2D eigenvalue weighted by molar-refractivity contribution is 0.102. The number of aliphatic hydroxyl groups excluding tert-OH is 1. The first-order valence-electron chi connectivity index (χ1n) is 11.1. The first-order chi connectivity index (χ1) is 15.5. The minimum absolute atomic E-state index is 0.157. The number of rotatable bonds is 12. The first-order valence-corrected chi connectivity index (χ1v) is 11.1. The van der Waals surface area contributed by atoms with E-state index in [1.807, 2.05) is 36.4 Å². The number of aryl methyl sites for hydroxylation is 1. The molecule has 3 aromatic rings. The molecule has 0 aliphatic carbocycles. The first kappa shape index (κ1) is 23.7. The van der Waals surface area contributed by atoms with Gasteiger partial charge in [-0.3, -0.25) is 4.90 Å². The van der Waals surface area contributed by atoms with Crippen molar-refractivity contribution in [1.29, 1.82) is 0 Å². The van der Waals surface area contributed by atoms with E-state index in [0.717, 1.165) is 36.2 Å². The normalized spacial score (nSPS) is 12.2. The SMILES string of the molecule is C=CCC[C@H](O)CN(CCC)Cc1c(-c2ccccc2)nn(C)c1Oc1ccccc1F. The molecule has 0 bridgehead atoms. The minimum Gasteiger partial charge on any atom is -0.436 e. The number of hydrogen-bond donors (Lipinski definition) is 1. The van der Waals surface area contributed by atoms with Crippen molar-refractivity contribution in [3.05, 3.63) is 78.6 Å². The van der Waals surface area contributed by atoms with E-state index in [9.17, 15) is 9.50 Å². The second-order valence-electron chi connectivity index (χ2n) is 7.91. The van der Waals surface area contributed by atoms with Crippen molar-refractivity contribution in [3.63, 3.8) is 0 Å². The smallest absolute Gasteiger partial charge is 0.222 e. The topological polar surface area (TPSA) is 50.5 Å². The van der Waals surface area contributed by atoms with Gasteiger partial charge in [0.1, 0.15) is 5.69 Å². The molecule has 0 amide bonds. The van der Waals surface area contributed by atoms with Gasteiger partial charge in [-0.05, 0) is 37.9 Å². The van der Waals surface area contributed by atoms with Gasteiger partial charge >= 0.3 is 0 Å². The van der Waals surface area contributed by atoms with Gasteiger partial charge in [0.25, 0.3) is 0 Å². The summed E-state index contributed by atoms with van der Waals surface area (Å²) >= 11 is 0. The maximum absolute atomic E-state index is 14.3. The zero-order valence-electron chi connectivity index (χ0n) is 18.9. The third-order valence-corrected chi connectivity index (χ3v) is 5.27. The second kappa shape index (κ2) is 11.6. The summed E-state index contributed by atoms with van der Waals surface area (Å²) in [5.41, 5.74) is 2.62. The van der Waals surface area contributed by atoms with Crippen LogP contribution in [-0.2, 0) is 13.6 Å². The van der Waals surface area contributed by atoms with Gasteiger partial charge in [-0.2, -0.15) is 5.10 Å². The van der Waals surface area contributed by atoms with Crippen LogP contribution in [0.2, 0.25) is 0 Å². The summed E-state index contributed by atoms with van der Waals surface area (Å²) in [6.07, 6.45) is 3.75. The molecule has 3 rings (SSSR count). The summed E-state index contributed by atoms with van der Waals surface area (Å²) in [6, 6.07) is 16.3. The van der Waals surface area contributed by atoms with E-state index in [2.05, 4.69) is 18.4 Å². The number of para-hydroxylation sites is 1. The number of aliphatic hydroxyl groups is 1. The number of aromatic nitrogens is 2. The van der Waals surface area contributed by atoms with Crippen molar-refractivity contribution in [1.82, 2.24) is 14.7 Å². The number of halogens is 1. The monoisotopic (exact) mass is 437 g/mol. The lowest BCUT2D eigenvalue weighted by atomic mass is 10.1. The molecule has 0 spiro atoms. The Morgan fingerprint density at radius 2 is 1.91 bits per heavy atom. The number of ether oxygens (including phenoxy) is 1. The molecule has 0 saturated carbocycles. The van der Waals surface area contributed by atoms with Gasteiger partial charge in [0.2, 0.25) is 5.88 Å². The molecule has 1 atom stereocenters. The van der Waals surface area contributed by atoms with Crippen LogP contribution in [0.3, 0.4) is 0 Å². The molecule has 2 aromatic carbocycles. The predicted octanol–water partition coefficient (Wildman–Crippen LogP) is 5.56. The lowest BCUT2D eigenvalue weighted by Crippen LogP contribution is -2.33. The Balaban J connectivity index is 1.98. The third-order valence-electron chi connectivity index (χ3n) is 5.27. The van der Waals surface area contributed by atoms with E-state index in [0.29, 0.717) is 25.4 Å². The molecule has 32 heavy (non-hydrogen) atoms. The van der Waals surface area contributed by atoms with Crippen molar-refractivity contribution >= 4 is 0 Å². The molecule has 0 fully saturated rings. The Bertz CT molecular complexity index is 1000. The minimum atomic E-state index is -0.452. The van der Waals surface area contributed by atoms with Crippen molar-refractivity contribution in [2.75, 3.05) is 13.1 Å². The molecule has 0 aliphatic heterocycles. The van der Waals surface area contributed by atoms with Crippen LogP contribution in [0.25, 0.3) is 11.3 Å². The summed E-state index contributed by atoms with van der Waals surface area (Å²) in [7, 11) is 1.80. The van der Waals surface area contributed by atoms with E-state index < -0.39 is 11.9 Å². The summed E-state index contributed by atoms with van der Waals surface area (Å²) in [5.74, 6) is 0.228. The largest absolute Gasteiger partial charge is 0.436 e. The van der Waals surface area contributed by atoms with Gasteiger partial charge in [-0.1, -0.05) is 55.5 Å². The molecule has 1 N–H and O–H groups in total. The Labute approximate surface area is 189 Å². The molecule has 0 aliphatic rings. The van der Waals surface area contributed by atoms with Crippen molar-refractivity contribution in [3.8, 4) is 22.9 Å². The second-order valence-corrected chi connectivity index (χ2v) is 7.91. The number of nitrogens with zero attached hydrogens (tertiary/aromatic N) is 3. The highest BCUT2D eigenvalue weighted by Crippen LogP contribution is 2.35. The Morgan fingerprint density at radius 1 is 1.19 bits per heavy atom. The van der Waals surface area contributed by atoms with Crippen LogP contribution in [0.4, 0.5) is 4.39 Å².